The fourth-order valence-corrected chi connectivity index (χ4v) is 1.51. The summed E-state index contributed by atoms with van der Waals surface area (Å²) in [4.78, 5) is 8.31. The predicted molar refractivity (Wildman–Crippen MR) is 67.4 cm³/mol. The van der Waals surface area contributed by atoms with Crippen molar-refractivity contribution >= 4 is 0 Å². The van der Waals surface area contributed by atoms with Crippen molar-refractivity contribution in [3.8, 4) is 0 Å². The van der Waals surface area contributed by atoms with Gasteiger partial charge in [0.25, 0.3) is 0 Å². The lowest BCUT2D eigenvalue weighted by Gasteiger charge is -1.93. The van der Waals surface area contributed by atoms with Gasteiger partial charge in [0.2, 0.25) is 0 Å². The van der Waals surface area contributed by atoms with Gasteiger partial charge in [-0.15, -0.1) is 0 Å². The van der Waals surface area contributed by atoms with E-state index in [0.29, 0.717) is 0 Å². The van der Waals surface area contributed by atoms with Gasteiger partial charge in [0.05, 0.1) is 0 Å². The van der Waals surface area contributed by atoms with Crippen LogP contribution in [-0.4, -0.2) is 12.0 Å². The lowest BCUT2D eigenvalue weighted by atomic mass is 10.1. The molecule has 0 aliphatic heterocycles. The Labute approximate surface area is 97.6 Å². The van der Waals surface area contributed by atoms with Crippen molar-refractivity contribution in [1.82, 2.24) is 0 Å². The first-order valence-corrected chi connectivity index (χ1v) is 5.76. The van der Waals surface area contributed by atoms with Crippen LogP contribution in [0.5, 0.6) is 0 Å². The average molecular weight is 223 g/mol. The average Bonchev–Trinajstić information content (AvgIpc) is 2.65. The van der Waals surface area contributed by atoms with Gasteiger partial charge in [-0.05, 0) is 30.4 Å². The third kappa shape index (κ3) is 6.98. The molecule has 0 aromatic heterocycles. The van der Waals surface area contributed by atoms with Crippen LogP contribution in [0.1, 0.15) is 37.8 Å². The molecule has 0 saturated carbocycles. The fraction of sp³-hybridized carbons (Fsp3) is 0.538. The van der Waals surface area contributed by atoms with E-state index in [-0.39, 0.29) is 0 Å². The Kier molecular flexibility index (Phi) is 8.12. The molecule has 0 N–H and O–H groups in total. The molecule has 0 spiro atoms. The monoisotopic (exact) mass is 223 g/mol. The second-order valence-electron chi connectivity index (χ2n) is 3.77. The largest absolute Gasteiger partial charge is 0.265 e. The maximum Gasteiger partial charge on any atom is 0.194 e. The molecule has 1 aliphatic rings. The van der Waals surface area contributed by atoms with Crippen molar-refractivity contribution in [3.05, 3.63) is 45.5 Å². The van der Waals surface area contributed by atoms with Gasteiger partial charge in [0, 0.05) is 4.92 Å². The van der Waals surface area contributed by atoms with Gasteiger partial charge in [0.15, 0.2) is 7.05 Å². The van der Waals surface area contributed by atoms with E-state index in [4.69, 9.17) is 10.1 Å². The van der Waals surface area contributed by atoms with Crippen LogP contribution < -0.4 is 0 Å². The molecule has 0 radical (unpaired) electrons. The minimum absolute atomic E-state index is 0.500. The molecule has 0 bridgehead atoms. The highest BCUT2D eigenvalue weighted by molar-refractivity contribution is 5.30. The van der Waals surface area contributed by atoms with E-state index in [9.17, 15) is 0 Å². The van der Waals surface area contributed by atoms with Gasteiger partial charge in [0.1, 0.15) is 0 Å². The lowest BCUT2D eigenvalue weighted by molar-refractivity contribution is -0.445. The van der Waals surface area contributed by atoms with Crippen LogP contribution in [-0.2, 0) is 12.8 Å². The third-order valence-electron chi connectivity index (χ3n) is 2.01. The highest BCUT2D eigenvalue weighted by Gasteiger charge is 2.07. The Morgan fingerprint density at radius 1 is 1.19 bits per heavy atom. The molecule has 0 amide bonds. The second kappa shape index (κ2) is 8.89. The van der Waals surface area contributed by atoms with Gasteiger partial charge in [-0.25, -0.2) is 0 Å². The van der Waals surface area contributed by atoms with E-state index in [2.05, 4.69) is 38.1 Å². The summed E-state index contributed by atoms with van der Waals surface area (Å²) in [5, 5.41) is 8.81. The molecule has 0 saturated heterocycles. The van der Waals surface area contributed by atoms with Crippen molar-refractivity contribution in [2.75, 3.05) is 7.05 Å². The van der Waals surface area contributed by atoms with E-state index >= 15 is 0 Å². The first kappa shape index (κ1) is 14.6. The molecule has 3 nitrogen and oxygen atoms in total. The van der Waals surface area contributed by atoms with Crippen LogP contribution >= 0.6 is 0 Å². The van der Waals surface area contributed by atoms with Crippen molar-refractivity contribution in [2.45, 2.75) is 39.5 Å². The molecule has 3 heteroatoms. The Morgan fingerprint density at radius 2 is 1.50 bits per heavy atom. The van der Waals surface area contributed by atoms with Crippen molar-refractivity contribution in [1.29, 1.82) is 0 Å². The standard InChI is InChI=1S/C9H10.C3H8.CH3NO2/c1-2-5-9-7-3-6-8(9)4-1;1-3-2;1-2(3)4/h1-2,4-5H,3,6-7H2;3H2,1-2H3;1H3. The summed E-state index contributed by atoms with van der Waals surface area (Å²) in [6, 6.07) is 8.74. The number of nitrogens with zero attached hydrogens (tertiary/aromatic N) is 1. The molecular formula is C13H21NO2. The third-order valence-corrected chi connectivity index (χ3v) is 2.01. The van der Waals surface area contributed by atoms with Gasteiger partial charge in [-0.2, -0.15) is 0 Å². The van der Waals surface area contributed by atoms with E-state index in [1.807, 2.05) is 0 Å². The summed E-state index contributed by atoms with van der Waals surface area (Å²) in [5.74, 6) is 0. The predicted octanol–water partition coefficient (Wildman–Crippen LogP) is 3.48. The number of benzene rings is 1. The topological polar surface area (TPSA) is 43.1 Å². The van der Waals surface area contributed by atoms with Gasteiger partial charge >= 0.3 is 0 Å². The van der Waals surface area contributed by atoms with E-state index in [1.54, 1.807) is 11.1 Å². The van der Waals surface area contributed by atoms with E-state index in [1.165, 1.54) is 25.7 Å². The Balaban J connectivity index is 0.000000275. The molecule has 0 fully saturated rings. The van der Waals surface area contributed by atoms with Crippen LogP contribution in [0.4, 0.5) is 0 Å². The van der Waals surface area contributed by atoms with Crippen LogP contribution in [0.3, 0.4) is 0 Å². The minimum atomic E-state index is -0.500. The molecule has 90 valence electrons. The van der Waals surface area contributed by atoms with E-state index in [0.717, 1.165) is 7.05 Å². The summed E-state index contributed by atoms with van der Waals surface area (Å²) in [7, 11) is 0.889. The minimum Gasteiger partial charge on any atom is -0.265 e. The number of aryl methyl sites for hydroxylation is 2. The van der Waals surface area contributed by atoms with Gasteiger partial charge in [-0.3, -0.25) is 10.1 Å². The van der Waals surface area contributed by atoms with Gasteiger partial charge < -0.3 is 0 Å². The molecule has 1 aromatic rings. The zero-order valence-electron chi connectivity index (χ0n) is 10.4. The van der Waals surface area contributed by atoms with Gasteiger partial charge in [-0.1, -0.05) is 44.5 Å². The molecule has 16 heavy (non-hydrogen) atoms. The SMILES string of the molecule is CCC.C[N+](=O)[O-].c1ccc2c(c1)CCC2. The normalized spacial score (nSPS) is 11.4. The number of nitro groups is 1. The Morgan fingerprint density at radius 3 is 1.81 bits per heavy atom. The molecule has 1 aliphatic carbocycles. The molecule has 0 heterocycles. The van der Waals surface area contributed by atoms with Crippen molar-refractivity contribution < 1.29 is 4.92 Å². The summed E-state index contributed by atoms with van der Waals surface area (Å²) >= 11 is 0. The summed E-state index contributed by atoms with van der Waals surface area (Å²) in [6.45, 7) is 4.25. The number of hydrogen-bond donors (Lipinski definition) is 0. The highest BCUT2D eigenvalue weighted by atomic mass is 16.6. The molecular weight excluding hydrogens is 202 g/mol. The zero-order valence-corrected chi connectivity index (χ0v) is 10.4. The number of fused-ring (bicyclic) bond motifs is 1. The highest BCUT2D eigenvalue weighted by Crippen LogP contribution is 2.20. The molecule has 0 atom stereocenters. The zero-order chi connectivity index (χ0) is 12.4. The Hall–Kier alpha value is -1.38. The smallest absolute Gasteiger partial charge is 0.194 e. The van der Waals surface area contributed by atoms with Crippen LogP contribution in [0, 0.1) is 10.1 Å². The second-order valence-corrected chi connectivity index (χ2v) is 3.77. The van der Waals surface area contributed by atoms with Crippen LogP contribution in [0.2, 0.25) is 0 Å². The Bertz CT molecular complexity index is 284. The summed E-state index contributed by atoms with van der Waals surface area (Å²) in [6.07, 6.45) is 5.21. The lowest BCUT2D eigenvalue weighted by Crippen LogP contribution is -1.79. The van der Waals surface area contributed by atoms with Crippen molar-refractivity contribution in [2.24, 2.45) is 0 Å². The molecule has 1 aromatic carbocycles. The summed E-state index contributed by atoms with van der Waals surface area (Å²) in [5.41, 5.74) is 3.13. The van der Waals surface area contributed by atoms with Crippen LogP contribution in [0.25, 0.3) is 0 Å². The number of hydrogen-bond acceptors (Lipinski definition) is 2. The first-order chi connectivity index (χ1) is 7.61. The number of rotatable bonds is 0. The fourth-order valence-electron chi connectivity index (χ4n) is 1.51. The molecule has 2 rings (SSSR count). The van der Waals surface area contributed by atoms with E-state index < -0.39 is 4.92 Å². The van der Waals surface area contributed by atoms with Crippen molar-refractivity contribution in [3.63, 3.8) is 0 Å². The summed E-state index contributed by atoms with van der Waals surface area (Å²) < 4.78 is 0. The molecule has 0 unspecified atom stereocenters. The van der Waals surface area contributed by atoms with Crippen LogP contribution in [0.15, 0.2) is 24.3 Å². The first-order valence-electron chi connectivity index (χ1n) is 5.76. The quantitative estimate of drug-likeness (QED) is 0.499. The maximum atomic E-state index is 8.81. The maximum absolute atomic E-state index is 8.81.